The molecule has 0 heterocycles. The van der Waals surface area contributed by atoms with Gasteiger partial charge in [0.25, 0.3) is 0 Å². The third kappa shape index (κ3) is 8.75. The van der Waals surface area contributed by atoms with E-state index in [0.717, 1.165) is 11.1 Å². The molecule has 42 heavy (non-hydrogen) atoms. The molecule has 9 nitrogen and oxygen atoms in total. The number of nitrogens with zero attached hydrogens (tertiary/aromatic N) is 1. The van der Waals surface area contributed by atoms with E-state index in [9.17, 15) is 19.2 Å². The molecule has 0 aliphatic rings. The lowest BCUT2D eigenvalue weighted by Crippen LogP contribution is -2.56. The summed E-state index contributed by atoms with van der Waals surface area (Å²) in [5.74, 6) is -2.09. The van der Waals surface area contributed by atoms with Crippen molar-refractivity contribution in [3.63, 3.8) is 0 Å². The molecule has 3 aromatic carbocycles. The Kier molecular flexibility index (Phi) is 11.8. The van der Waals surface area contributed by atoms with Gasteiger partial charge in [0.15, 0.2) is 0 Å². The molecule has 0 saturated carbocycles. The summed E-state index contributed by atoms with van der Waals surface area (Å²) in [5, 5.41) is 5.83. The molecule has 0 saturated heterocycles. The number of methoxy groups -OCH3 is 2. The van der Waals surface area contributed by atoms with E-state index in [2.05, 4.69) is 10.6 Å². The normalized spacial score (nSPS) is 13.0. The molecule has 3 rings (SSSR count). The highest BCUT2D eigenvalue weighted by molar-refractivity contribution is 6.03. The molecule has 9 heteroatoms. The van der Waals surface area contributed by atoms with E-state index >= 15 is 0 Å². The van der Waals surface area contributed by atoms with Crippen molar-refractivity contribution in [1.29, 1.82) is 0 Å². The van der Waals surface area contributed by atoms with E-state index in [1.54, 1.807) is 43.3 Å². The monoisotopic (exact) mass is 573 g/mol. The SMILES string of the molecule is COC(=O)[C@H](CC(=O)Nc1ccccc1)N[C@@H](CC(C)C)C(=O)N(c1ccc(-c2ccccc2)cc1)[C@@H](C)C(=O)OC. The number of amides is 2. The minimum absolute atomic E-state index is 0.0404. The zero-order chi connectivity index (χ0) is 30.6. The van der Waals surface area contributed by atoms with Crippen LogP contribution >= 0.6 is 0 Å². The fraction of sp³-hybridized carbons (Fsp3) is 0.333. The van der Waals surface area contributed by atoms with Crippen molar-refractivity contribution < 1.29 is 28.7 Å². The first-order chi connectivity index (χ1) is 20.1. The third-order valence-corrected chi connectivity index (χ3v) is 6.76. The number of para-hydroxylation sites is 1. The maximum absolute atomic E-state index is 14.2. The number of esters is 2. The summed E-state index contributed by atoms with van der Waals surface area (Å²) in [7, 11) is 2.49. The van der Waals surface area contributed by atoms with Crippen LogP contribution in [0.1, 0.15) is 33.6 Å². The molecule has 3 atom stereocenters. The van der Waals surface area contributed by atoms with Crippen LogP contribution in [0.3, 0.4) is 0 Å². The minimum Gasteiger partial charge on any atom is -0.468 e. The van der Waals surface area contributed by atoms with Gasteiger partial charge in [-0.05, 0) is 54.7 Å². The zero-order valence-electron chi connectivity index (χ0n) is 24.7. The summed E-state index contributed by atoms with van der Waals surface area (Å²) >= 11 is 0. The standard InChI is InChI=1S/C33H39N3O6/c1-22(2)20-28(35-29(33(40)42-5)21-30(37)34-26-14-10-7-11-15-26)31(38)36(23(3)32(39)41-4)27-18-16-25(17-19-27)24-12-8-6-9-13-24/h6-19,22-23,28-29,35H,20-21H2,1-5H3,(H,34,37)/t23-,28-,29-/m0/s1. The molecule has 222 valence electrons. The van der Waals surface area contributed by atoms with Crippen molar-refractivity contribution >= 4 is 35.1 Å². The van der Waals surface area contributed by atoms with Crippen LogP contribution in [-0.2, 0) is 28.7 Å². The zero-order valence-corrected chi connectivity index (χ0v) is 24.7. The number of anilines is 2. The van der Waals surface area contributed by atoms with Crippen LogP contribution in [0.2, 0.25) is 0 Å². The molecule has 0 aliphatic heterocycles. The van der Waals surface area contributed by atoms with E-state index in [4.69, 9.17) is 9.47 Å². The van der Waals surface area contributed by atoms with Crippen LogP contribution in [0, 0.1) is 5.92 Å². The Morgan fingerprint density at radius 3 is 1.81 bits per heavy atom. The molecule has 0 fully saturated rings. The second kappa shape index (κ2) is 15.5. The van der Waals surface area contributed by atoms with Gasteiger partial charge in [0.1, 0.15) is 12.1 Å². The molecule has 0 unspecified atom stereocenters. The van der Waals surface area contributed by atoms with Gasteiger partial charge in [-0.15, -0.1) is 0 Å². The number of nitrogens with one attached hydrogen (secondary N) is 2. The minimum atomic E-state index is -1.11. The van der Waals surface area contributed by atoms with Gasteiger partial charge in [0, 0.05) is 11.4 Å². The van der Waals surface area contributed by atoms with Gasteiger partial charge in [-0.2, -0.15) is 0 Å². The largest absolute Gasteiger partial charge is 0.468 e. The fourth-order valence-electron chi connectivity index (χ4n) is 4.66. The lowest BCUT2D eigenvalue weighted by Gasteiger charge is -2.33. The van der Waals surface area contributed by atoms with Crippen LogP contribution in [-0.4, -0.2) is 56.1 Å². The van der Waals surface area contributed by atoms with Gasteiger partial charge in [0.05, 0.1) is 26.7 Å². The number of benzene rings is 3. The maximum Gasteiger partial charge on any atom is 0.328 e. The number of ether oxygens (including phenoxy) is 2. The van der Waals surface area contributed by atoms with Crippen LogP contribution in [0.5, 0.6) is 0 Å². The molecular weight excluding hydrogens is 534 g/mol. The highest BCUT2D eigenvalue weighted by Crippen LogP contribution is 2.26. The summed E-state index contributed by atoms with van der Waals surface area (Å²) in [6.07, 6.45) is 0.0703. The predicted octanol–water partition coefficient (Wildman–Crippen LogP) is 4.82. The third-order valence-electron chi connectivity index (χ3n) is 6.76. The van der Waals surface area contributed by atoms with Crippen LogP contribution < -0.4 is 15.5 Å². The Morgan fingerprint density at radius 1 is 0.714 bits per heavy atom. The molecule has 0 bridgehead atoms. The average molecular weight is 574 g/mol. The highest BCUT2D eigenvalue weighted by Gasteiger charge is 2.36. The van der Waals surface area contributed by atoms with Crippen LogP contribution in [0.15, 0.2) is 84.9 Å². The van der Waals surface area contributed by atoms with E-state index in [1.807, 2.05) is 62.4 Å². The molecule has 3 aromatic rings. The van der Waals surface area contributed by atoms with Gasteiger partial charge in [-0.3, -0.25) is 24.6 Å². The van der Waals surface area contributed by atoms with Gasteiger partial charge >= 0.3 is 11.9 Å². The van der Waals surface area contributed by atoms with Gasteiger partial charge in [0.2, 0.25) is 11.8 Å². The molecule has 0 spiro atoms. The fourth-order valence-corrected chi connectivity index (χ4v) is 4.66. The smallest absolute Gasteiger partial charge is 0.328 e. The van der Waals surface area contributed by atoms with Crippen molar-refractivity contribution in [3.05, 3.63) is 84.9 Å². The van der Waals surface area contributed by atoms with Crippen molar-refractivity contribution in [2.45, 2.75) is 51.7 Å². The number of hydrogen-bond donors (Lipinski definition) is 2. The maximum atomic E-state index is 14.2. The van der Waals surface area contributed by atoms with E-state index in [1.165, 1.54) is 19.1 Å². The summed E-state index contributed by atoms with van der Waals surface area (Å²) in [6, 6.07) is 23.0. The Labute approximate surface area is 247 Å². The Morgan fingerprint density at radius 2 is 1.26 bits per heavy atom. The quantitative estimate of drug-likeness (QED) is 0.282. The first-order valence-electron chi connectivity index (χ1n) is 13.9. The van der Waals surface area contributed by atoms with Crippen molar-refractivity contribution in [2.75, 3.05) is 24.4 Å². The number of carbonyl (C=O) groups excluding carboxylic acids is 4. The van der Waals surface area contributed by atoms with Crippen LogP contribution in [0.25, 0.3) is 11.1 Å². The second-order valence-corrected chi connectivity index (χ2v) is 10.4. The number of hydrogen-bond acceptors (Lipinski definition) is 7. The predicted molar refractivity (Wildman–Crippen MR) is 163 cm³/mol. The van der Waals surface area contributed by atoms with E-state index < -0.39 is 41.9 Å². The Bertz CT molecular complexity index is 1330. The molecule has 2 N–H and O–H groups in total. The van der Waals surface area contributed by atoms with E-state index in [0.29, 0.717) is 17.8 Å². The van der Waals surface area contributed by atoms with Crippen molar-refractivity contribution in [2.24, 2.45) is 5.92 Å². The second-order valence-electron chi connectivity index (χ2n) is 10.4. The van der Waals surface area contributed by atoms with Crippen molar-refractivity contribution in [3.8, 4) is 11.1 Å². The first kappa shape index (κ1) is 32.0. The van der Waals surface area contributed by atoms with Crippen molar-refractivity contribution in [1.82, 2.24) is 5.32 Å². The highest BCUT2D eigenvalue weighted by atomic mass is 16.5. The van der Waals surface area contributed by atoms with Crippen LogP contribution in [0.4, 0.5) is 11.4 Å². The van der Waals surface area contributed by atoms with E-state index in [-0.39, 0.29) is 12.3 Å². The number of carbonyl (C=O) groups is 4. The van der Waals surface area contributed by atoms with Gasteiger partial charge < -0.3 is 14.8 Å². The number of rotatable bonds is 13. The summed E-state index contributed by atoms with van der Waals surface area (Å²) in [6.45, 7) is 5.48. The lowest BCUT2D eigenvalue weighted by atomic mass is 9.99. The molecular formula is C33H39N3O6. The Hall–Kier alpha value is -4.50. The molecule has 0 aliphatic carbocycles. The van der Waals surface area contributed by atoms with Gasteiger partial charge in [-0.25, -0.2) is 4.79 Å². The molecule has 0 aromatic heterocycles. The average Bonchev–Trinajstić information content (AvgIpc) is 3.00. The first-order valence-corrected chi connectivity index (χ1v) is 13.9. The van der Waals surface area contributed by atoms with Gasteiger partial charge in [-0.1, -0.05) is 74.5 Å². The summed E-state index contributed by atoms with van der Waals surface area (Å²) in [5.41, 5.74) is 3.03. The Balaban J connectivity index is 1.92. The topological polar surface area (TPSA) is 114 Å². The summed E-state index contributed by atoms with van der Waals surface area (Å²) in [4.78, 5) is 53.9. The molecule has 0 radical (unpaired) electrons. The lowest BCUT2D eigenvalue weighted by molar-refractivity contribution is -0.145. The summed E-state index contributed by atoms with van der Waals surface area (Å²) < 4.78 is 9.96. The molecule has 2 amide bonds.